The number of anilines is 1. The molecule has 2 heterocycles. The minimum absolute atomic E-state index is 0.509. The number of hydrogen-bond donors (Lipinski definition) is 1. The molecule has 1 aliphatic carbocycles. The van der Waals surface area contributed by atoms with Gasteiger partial charge >= 0.3 is 0 Å². The summed E-state index contributed by atoms with van der Waals surface area (Å²) in [4.78, 5) is 9.10. The topological polar surface area (TPSA) is 56.7 Å². The number of hydrogen-bond acceptors (Lipinski definition) is 3. The van der Waals surface area contributed by atoms with Crippen LogP contribution < -0.4 is 5.73 Å². The van der Waals surface area contributed by atoms with E-state index in [-0.39, 0.29) is 0 Å². The second kappa shape index (κ2) is 4.21. The van der Waals surface area contributed by atoms with Crippen molar-refractivity contribution in [1.82, 2.24) is 14.5 Å². The van der Waals surface area contributed by atoms with Crippen molar-refractivity contribution >= 4 is 28.5 Å². The molecule has 1 aromatic carbocycles. The molecule has 1 saturated carbocycles. The van der Waals surface area contributed by atoms with Gasteiger partial charge in [0.2, 0.25) is 0 Å². The van der Waals surface area contributed by atoms with Gasteiger partial charge in [0.25, 0.3) is 0 Å². The number of nitrogen functional groups attached to an aromatic ring is 1. The molecule has 0 radical (unpaired) electrons. The predicted octanol–water partition coefficient (Wildman–Crippen LogP) is 3.67. The Morgan fingerprint density at radius 1 is 1.15 bits per heavy atom. The number of nitrogens with two attached hydrogens (primary N) is 1. The van der Waals surface area contributed by atoms with Gasteiger partial charge in [-0.3, -0.25) is 0 Å². The summed E-state index contributed by atoms with van der Waals surface area (Å²) in [7, 11) is 0. The van der Waals surface area contributed by atoms with Crippen molar-refractivity contribution in [2.45, 2.75) is 18.9 Å². The van der Waals surface area contributed by atoms with E-state index in [0.29, 0.717) is 16.9 Å². The van der Waals surface area contributed by atoms with Crippen LogP contribution in [0.3, 0.4) is 0 Å². The number of aromatic nitrogens is 3. The third kappa shape index (κ3) is 1.84. The van der Waals surface area contributed by atoms with Crippen LogP contribution in [0.4, 0.5) is 5.82 Å². The maximum atomic E-state index is 6.06. The van der Waals surface area contributed by atoms with Crippen LogP contribution in [-0.2, 0) is 0 Å². The zero-order valence-corrected chi connectivity index (χ0v) is 11.5. The highest BCUT2D eigenvalue weighted by Crippen LogP contribution is 2.41. The molecule has 0 amide bonds. The number of imidazole rings is 1. The van der Waals surface area contributed by atoms with Crippen molar-refractivity contribution in [2.24, 2.45) is 0 Å². The summed E-state index contributed by atoms with van der Waals surface area (Å²) in [6.07, 6.45) is 2.37. The van der Waals surface area contributed by atoms with E-state index in [2.05, 4.69) is 9.55 Å². The molecule has 1 fully saturated rings. The SMILES string of the molecule is Nc1cccc(-c2nc3cc(Cl)ccc3n2C2CC2)n1. The van der Waals surface area contributed by atoms with Gasteiger partial charge in [-0.15, -0.1) is 0 Å². The largest absolute Gasteiger partial charge is 0.384 e. The fourth-order valence-electron chi connectivity index (χ4n) is 2.53. The van der Waals surface area contributed by atoms with Crippen LogP contribution in [0.25, 0.3) is 22.6 Å². The van der Waals surface area contributed by atoms with Crippen molar-refractivity contribution in [2.75, 3.05) is 5.73 Å². The summed E-state index contributed by atoms with van der Waals surface area (Å²) in [5, 5.41) is 0.699. The standard InChI is InChI=1S/C15H13ClN4/c16-9-4-7-13-12(8-9)19-15(20(13)10-5-6-10)11-2-1-3-14(17)18-11/h1-4,7-8,10H,5-6H2,(H2,17,18). The molecule has 4 rings (SSSR count). The minimum atomic E-state index is 0.509. The molecule has 20 heavy (non-hydrogen) atoms. The molecule has 2 aromatic heterocycles. The van der Waals surface area contributed by atoms with Gasteiger partial charge in [-0.2, -0.15) is 0 Å². The maximum Gasteiger partial charge on any atom is 0.160 e. The molecule has 5 heteroatoms. The van der Waals surface area contributed by atoms with Gasteiger partial charge in [0.05, 0.1) is 11.0 Å². The van der Waals surface area contributed by atoms with Crippen molar-refractivity contribution in [3.63, 3.8) is 0 Å². The van der Waals surface area contributed by atoms with Gasteiger partial charge < -0.3 is 10.3 Å². The number of fused-ring (bicyclic) bond motifs is 1. The lowest BCUT2D eigenvalue weighted by Gasteiger charge is -2.07. The number of halogens is 1. The first kappa shape index (κ1) is 11.7. The lowest BCUT2D eigenvalue weighted by atomic mass is 10.3. The first-order valence-electron chi connectivity index (χ1n) is 6.63. The first-order valence-corrected chi connectivity index (χ1v) is 7.00. The Balaban J connectivity index is 2.00. The number of rotatable bonds is 2. The van der Waals surface area contributed by atoms with Crippen LogP contribution in [0.15, 0.2) is 36.4 Å². The minimum Gasteiger partial charge on any atom is -0.384 e. The van der Waals surface area contributed by atoms with Gasteiger partial charge in [-0.1, -0.05) is 17.7 Å². The predicted molar refractivity (Wildman–Crippen MR) is 80.7 cm³/mol. The Labute approximate surface area is 121 Å². The highest BCUT2D eigenvalue weighted by atomic mass is 35.5. The van der Waals surface area contributed by atoms with Gasteiger partial charge in [0.1, 0.15) is 11.5 Å². The van der Waals surface area contributed by atoms with Crippen LogP contribution in [0.2, 0.25) is 5.02 Å². The van der Waals surface area contributed by atoms with Crippen molar-refractivity contribution in [1.29, 1.82) is 0 Å². The van der Waals surface area contributed by atoms with Crippen molar-refractivity contribution in [3.05, 3.63) is 41.4 Å². The van der Waals surface area contributed by atoms with E-state index in [0.717, 1.165) is 22.6 Å². The molecular formula is C15H13ClN4. The Morgan fingerprint density at radius 2 is 2.00 bits per heavy atom. The monoisotopic (exact) mass is 284 g/mol. The lowest BCUT2D eigenvalue weighted by molar-refractivity contribution is 0.772. The molecule has 0 unspecified atom stereocenters. The maximum absolute atomic E-state index is 6.06. The molecule has 1 aliphatic rings. The molecule has 100 valence electrons. The molecule has 2 N–H and O–H groups in total. The zero-order chi connectivity index (χ0) is 13.7. The summed E-state index contributed by atoms with van der Waals surface area (Å²) < 4.78 is 2.26. The van der Waals surface area contributed by atoms with E-state index in [1.165, 1.54) is 12.8 Å². The Bertz CT molecular complexity index is 805. The quantitative estimate of drug-likeness (QED) is 0.781. The highest BCUT2D eigenvalue weighted by molar-refractivity contribution is 6.31. The van der Waals surface area contributed by atoms with Crippen LogP contribution in [0.1, 0.15) is 18.9 Å². The van der Waals surface area contributed by atoms with E-state index in [1.54, 1.807) is 6.07 Å². The van der Waals surface area contributed by atoms with Gasteiger partial charge in [-0.25, -0.2) is 9.97 Å². The number of nitrogens with zero attached hydrogens (tertiary/aromatic N) is 3. The Kier molecular flexibility index (Phi) is 2.47. The summed E-state index contributed by atoms with van der Waals surface area (Å²) in [6.45, 7) is 0. The van der Waals surface area contributed by atoms with Crippen LogP contribution >= 0.6 is 11.6 Å². The molecule has 0 spiro atoms. The van der Waals surface area contributed by atoms with E-state index in [4.69, 9.17) is 22.3 Å². The van der Waals surface area contributed by atoms with Crippen LogP contribution in [0, 0.1) is 0 Å². The van der Waals surface area contributed by atoms with Crippen LogP contribution in [0.5, 0.6) is 0 Å². The second-order valence-corrected chi connectivity index (χ2v) is 5.55. The molecule has 0 bridgehead atoms. The summed E-state index contributed by atoms with van der Waals surface area (Å²) in [6, 6.07) is 12.0. The first-order chi connectivity index (χ1) is 9.72. The molecule has 0 atom stereocenters. The Hall–Kier alpha value is -2.07. The molecule has 3 aromatic rings. The van der Waals surface area contributed by atoms with Gasteiger partial charge in [0.15, 0.2) is 5.82 Å². The normalized spacial score (nSPS) is 14.8. The summed E-state index contributed by atoms with van der Waals surface area (Å²) in [5.74, 6) is 1.38. The zero-order valence-electron chi connectivity index (χ0n) is 10.8. The third-order valence-corrected chi connectivity index (χ3v) is 3.80. The van der Waals surface area contributed by atoms with E-state index >= 15 is 0 Å². The third-order valence-electron chi connectivity index (χ3n) is 3.56. The Morgan fingerprint density at radius 3 is 2.75 bits per heavy atom. The smallest absolute Gasteiger partial charge is 0.160 e. The van der Waals surface area contributed by atoms with E-state index < -0.39 is 0 Å². The van der Waals surface area contributed by atoms with Crippen LogP contribution in [-0.4, -0.2) is 14.5 Å². The van der Waals surface area contributed by atoms with E-state index in [1.807, 2.05) is 30.3 Å². The van der Waals surface area contributed by atoms with Gasteiger partial charge in [-0.05, 0) is 43.2 Å². The fourth-order valence-corrected chi connectivity index (χ4v) is 2.70. The summed E-state index contributed by atoms with van der Waals surface area (Å²) >= 11 is 6.06. The molecule has 0 saturated heterocycles. The average Bonchev–Trinajstić information content (AvgIpc) is 3.19. The number of pyridine rings is 1. The van der Waals surface area contributed by atoms with Crippen molar-refractivity contribution in [3.8, 4) is 11.5 Å². The lowest BCUT2D eigenvalue weighted by Crippen LogP contribution is -2.00. The fraction of sp³-hybridized carbons (Fsp3) is 0.200. The average molecular weight is 285 g/mol. The van der Waals surface area contributed by atoms with E-state index in [9.17, 15) is 0 Å². The molecular weight excluding hydrogens is 272 g/mol. The molecule has 0 aliphatic heterocycles. The van der Waals surface area contributed by atoms with Gasteiger partial charge in [0, 0.05) is 11.1 Å². The molecule has 4 nitrogen and oxygen atoms in total. The highest BCUT2D eigenvalue weighted by Gasteiger charge is 2.29. The number of benzene rings is 1. The second-order valence-electron chi connectivity index (χ2n) is 5.12. The summed E-state index contributed by atoms with van der Waals surface area (Å²) in [5.41, 5.74) is 8.61. The van der Waals surface area contributed by atoms with Crippen molar-refractivity contribution < 1.29 is 0 Å².